The van der Waals surface area contributed by atoms with E-state index in [1.165, 1.54) is 12.1 Å². The van der Waals surface area contributed by atoms with Crippen molar-refractivity contribution >= 4 is 27.3 Å². The zero-order valence-corrected chi connectivity index (χ0v) is 13.5. The van der Waals surface area contributed by atoms with Crippen LogP contribution in [-0.2, 0) is 10.0 Å². The highest BCUT2D eigenvalue weighted by Gasteiger charge is 2.17. The molecule has 1 aromatic rings. The Bertz CT molecular complexity index is 530. The van der Waals surface area contributed by atoms with E-state index in [9.17, 15) is 8.42 Å². The average Bonchev–Trinajstić information content (AvgIpc) is 2.41. The van der Waals surface area contributed by atoms with Crippen LogP contribution in [-0.4, -0.2) is 39.5 Å². The molecule has 0 spiro atoms. The SMILES string of the molecule is CCN(CC)CCCNS(=O)(=O)c1cc(Cl)ccc1N. The molecule has 7 heteroatoms. The van der Waals surface area contributed by atoms with E-state index in [-0.39, 0.29) is 10.6 Å². The number of benzene rings is 1. The molecule has 1 aromatic carbocycles. The standard InChI is InChI=1S/C13H22ClN3O2S/c1-3-17(4-2)9-5-8-16-20(18,19)13-10-11(14)6-7-12(13)15/h6-7,10,16H,3-5,8-9,15H2,1-2H3. The molecule has 0 aromatic heterocycles. The summed E-state index contributed by atoms with van der Waals surface area (Å²) in [5.41, 5.74) is 5.88. The number of nitrogens with two attached hydrogens (primary N) is 1. The monoisotopic (exact) mass is 319 g/mol. The number of nitrogens with one attached hydrogen (secondary N) is 1. The minimum Gasteiger partial charge on any atom is -0.398 e. The fourth-order valence-corrected chi connectivity index (χ4v) is 3.33. The van der Waals surface area contributed by atoms with Gasteiger partial charge in [0.2, 0.25) is 10.0 Å². The minimum atomic E-state index is -3.60. The predicted octanol–water partition coefficient (Wildman–Crippen LogP) is 1.93. The molecule has 0 aliphatic rings. The molecular formula is C13H22ClN3O2S. The quantitative estimate of drug-likeness (QED) is 0.567. The van der Waals surface area contributed by atoms with Crippen LogP contribution in [0.15, 0.2) is 23.1 Å². The van der Waals surface area contributed by atoms with E-state index in [1.54, 1.807) is 6.07 Å². The van der Waals surface area contributed by atoms with E-state index in [2.05, 4.69) is 23.5 Å². The lowest BCUT2D eigenvalue weighted by atomic mass is 10.3. The van der Waals surface area contributed by atoms with Crippen LogP contribution in [0, 0.1) is 0 Å². The number of hydrogen-bond acceptors (Lipinski definition) is 4. The number of rotatable bonds is 8. The number of halogens is 1. The summed E-state index contributed by atoms with van der Waals surface area (Å²) in [4.78, 5) is 2.27. The molecule has 0 atom stereocenters. The molecule has 0 saturated heterocycles. The van der Waals surface area contributed by atoms with Gasteiger partial charge < -0.3 is 10.6 Å². The van der Waals surface area contributed by atoms with Crippen LogP contribution in [0.4, 0.5) is 5.69 Å². The average molecular weight is 320 g/mol. The Morgan fingerprint density at radius 3 is 2.55 bits per heavy atom. The maximum absolute atomic E-state index is 12.1. The van der Waals surface area contributed by atoms with Crippen LogP contribution in [0.2, 0.25) is 5.02 Å². The molecule has 0 aliphatic carbocycles. The molecule has 0 aliphatic heterocycles. The molecular weight excluding hydrogens is 298 g/mol. The van der Waals surface area contributed by atoms with Crippen LogP contribution < -0.4 is 10.5 Å². The number of nitrogens with zero attached hydrogens (tertiary/aromatic N) is 1. The van der Waals surface area contributed by atoms with Crippen molar-refractivity contribution in [3.8, 4) is 0 Å². The van der Waals surface area contributed by atoms with Gasteiger partial charge in [0.05, 0.1) is 5.69 Å². The van der Waals surface area contributed by atoms with Crippen molar-refractivity contribution in [1.82, 2.24) is 9.62 Å². The Hall–Kier alpha value is -0.820. The third-order valence-corrected chi connectivity index (χ3v) is 4.85. The molecule has 3 N–H and O–H groups in total. The molecule has 0 bridgehead atoms. The number of anilines is 1. The lowest BCUT2D eigenvalue weighted by Crippen LogP contribution is -2.30. The second-order valence-electron chi connectivity index (χ2n) is 4.46. The Kier molecular flexibility index (Phi) is 6.75. The van der Waals surface area contributed by atoms with E-state index in [0.29, 0.717) is 11.6 Å². The lowest BCUT2D eigenvalue weighted by molar-refractivity contribution is 0.300. The van der Waals surface area contributed by atoms with Crippen LogP contribution in [0.3, 0.4) is 0 Å². The van der Waals surface area contributed by atoms with E-state index >= 15 is 0 Å². The van der Waals surface area contributed by atoms with E-state index in [0.717, 1.165) is 26.1 Å². The van der Waals surface area contributed by atoms with E-state index in [4.69, 9.17) is 17.3 Å². The summed E-state index contributed by atoms with van der Waals surface area (Å²) in [6.45, 7) is 7.33. The maximum atomic E-state index is 12.1. The summed E-state index contributed by atoms with van der Waals surface area (Å²) in [7, 11) is -3.60. The summed E-state index contributed by atoms with van der Waals surface area (Å²) in [6, 6.07) is 4.42. The third kappa shape index (κ3) is 4.94. The van der Waals surface area contributed by atoms with Gasteiger partial charge >= 0.3 is 0 Å². The first-order valence-electron chi connectivity index (χ1n) is 6.67. The predicted molar refractivity (Wildman–Crippen MR) is 83.5 cm³/mol. The van der Waals surface area contributed by atoms with Gasteiger partial charge in [0.25, 0.3) is 0 Å². The second-order valence-corrected chi connectivity index (χ2v) is 6.63. The van der Waals surface area contributed by atoms with Crippen LogP contribution in [0.25, 0.3) is 0 Å². The summed E-state index contributed by atoms with van der Waals surface area (Å²) >= 11 is 5.81. The number of nitrogen functional groups attached to an aromatic ring is 1. The normalized spacial score (nSPS) is 12.0. The summed E-state index contributed by atoms with van der Waals surface area (Å²) < 4.78 is 26.8. The van der Waals surface area contributed by atoms with Crippen molar-refractivity contribution in [1.29, 1.82) is 0 Å². The molecule has 5 nitrogen and oxygen atoms in total. The van der Waals surface area contributed by atoms with Crippen molar-refractivity contribution in [2.24, 2.45) is 0 Å². The van der Waals surface area contributed by atoms with Crippen LogP contribution in [0.5, 0.6) is 0 Å². The lowest BCUT2D eigenvalue weighted by Gasteiger charge is -2.17. The topological polar surface area (TPSA) is 75.4 Å². The molecule has 20 heavy (non-hydrogen) atoms. The Labute approximate surface area is 126 Å². The highest BCUT2D eigenvalue weighted by atomic mass is 35.5. The van der Waals surface area contributed by atoms with Gasteiger partial charge in [0, 0.05) is 11.6 Å². The third-order valence-electron chi connectivity index (χ3n) is 3.10. The fraction of sp³-hybridized carbons (Fsp3) is 0.538. The Balaban J connectivity index is 2.60. The number of sulfonamides is 1. The highest BCUT2D eigenvalue weighted by Crippen LogP contribution is 2.22. The van der Waals surface area contributed by atoms with Crippen molar-refractivity contribution in [2.75, 3.05) is 31.9 Å². The Morgan fingerprint density at radius 1 is 1.30 bits per heavy atom. The van der Waals surface area contributed by atoms with Crippen molar-refractivity contribution in [3.63, 3.8) is 0 Å². The summed E-state index contributed by atoms with van der Waals surface area (Å²) in [5.74, 6) is 0. The zero-order chi connectivity index (χ0) is 15.2. The van der Waals surface area contributed by atoms with E-state index in [1.807, 2.05) is 0 Å². The molecule has 1 rings (SSSR count). The van der Waals surface area contributed by atoms with E-state index < -0.39 is 10.0 Å². The molecule has 114 valence electrons. The van der Waals surface area contributed by atoms with Crippen LogP contribution >= 0.6 is 11.6 Å². The Morgan fingerprint density at radius 2 is 1.95 bits per heavy atom. The second kappa shape index (κ2) is 7.83. The maximum Gasteiger partial charge on any atom is 0.242 e. The first-order chi connectivity index (χ1) is 9.40. The highest BCUT2D eigenvalue weighted by molar-refractivity contribution is 7.89. The molecule has 0 radical (unpaired) electrons. The van der Waals surface area contributed by atoms with Gasteiger partial charge in [-0.1, -0.05) is 25.4 Å². The molecule has 0 unspecified atom stereocenters. The van der Waals surface area contributed by atoms with Crippen LogP contribution in [0.1, 0.15) is 20.3 Å². The van der Waals surface area contributed by atoms with Gasteiger partial charge in [-0.15, -0.1) is 0 Å². The molecule has 0 fully saturated rings. The summed E-state index contributed by atoms with van der Waals surface area (Å²) in [6.07, 6.45) is 0.751. The summed E-state index contributed by atoms with van der Waals surface area (Å²) in [5, 5.41) is 0.350. The largest absolute Gasteiger partial charge is 0.398 e. The van der Waals surface area contributed by atoms with Gasteiger partial charge in [-0.05, 0) is 44.3 Å². The van der Waals surface area contributed by atoms with Gasteiger partial charge in [0.1, 0.15) is 4.90 Å². The van der Waals surface area contributed by atoms with Gasteiger partial charge in [-0.3, -0.25) is 0 Å². The van der Waals surface area contributed by atoms with Gasteiger partial charge in [-0.2, -0.15) is 0 Å². The van der Waals surface area contributed by atoms with Crippen molar-refractivity contribution in [3.05, 3.63) is 23.2 Å². The first-order valence-corrected chi connectivity index (χ1v) is 8.53. The first kappa shape index (κ1) is 17.2. The van der Waals surface area contributed by atoms with Gasteiger partial charge in [-0.25, -0.2) is 13.1 Å². The number of hydrogen-bond donors (Lipinski definition) is 2. The molecule has 0 heterocycles. The van der Waals surface area contributed by atoms with Crippen molar-refractivity contribution in [2.45, 2.75) is 25.2 Å². The van der Waals surface area contributed by atoms with Crippen molar-refractivity contribution < 1.29 is 8.42 Å². The minimum absolute atomic E-state index is 0.0350. The van der Waals surface area contributed by atoms with Gasteiger partial charge in [0.15, 0.2) is 0 Å². The smallest absolute Gasteiger partial charge is 0.242 e. The molecule has 0 amide bonds. The zero-order valence-electron chi connectivity index (χ0n) is 11.9. The molecule has 0 saturated carbocycles. The fourth-order valence-electron chi connectivity index (χ4n) is 1.87.